The molecule has 0 spiro atoms. The molecule has 1 nitrogen and oxygen atoms in total. The van der Waals surface area contributed by atoms with Gasteiger partial charge in [-0.15, -0.1) is 0 Å². The molecule has 0 fully saturated rings. The van der Waals surface area contributed by atoms with Crippen molar-refractivity contribution in [2.75, 3.05) is 0 Å². The molecular weight excluding hydrogens is 747 g/mol. The molecule has 0 amide bonds. The number of nitrogens with zero attached hydrogens (tertiary/aromatic N) is 1. The predicted octanol–water partition coefficient (Wildman–Crippen LogP) is 16.5. The number of aryl methyl sites for hydroxylation is 2. The third-order valence-corrected chi connectivity index (χ3v) is 13.9. The van der Waals surface area contributed by atoms with Crippen LogP contribution in [0.2, 0.25) is 0 Å². The van der Waals surface area contributed by atoms with Crippen molar-refractivity contribution in [3.8, 4) is 11.1 Å². The third-order valence-electron chi connectivity index (χ3n) is 13.9. The molecule has 8 aromatic carbocycles. The first kappa shape index (κ1) is 39.3. The zero-order chi connectivity index (χ0) is 42.9. The van der Waals surface area contributed by atoms with Crippen molar-refractivity contribution in [3.05, 3.63) is 232 Å². The number of fused-ring (bicyclic) bond motifs is 6. The smallest absolute Gasteiger partial charge is 0.0662 e. The van der Waals surface area contributed by atoms with Gasteiger partial charge in [0.1, 0.15) is 0 Å². The third kappa shape index (κ3) is 6.33. The van der Waals surface area contributed by atoms with Crippen LogP contribution in [0.1, 0.15) is 85.5 Å². The molecule has 0 heterocycles. The van der Waals surface area contributed by atoms with Gasteiger partial charge in [0.25, 0.3) is 0 Å². The van der Waals surface area contributed by atoms with E-state index in [1.807, 2.05) is 55.5 Å². The summed E-state index contributed by atoms with van der Waals surface area (Å²) in [6, 6.07) is 51.1. The van der Waals surface area contributed by atoms with E-state index in [4.69, 9.17) is 0 Å². The number of hydrogen-bond acceptors (Lipinski definition) is 1. The second kappa shape index (κ2) is 15.0. The van der Waals surface area contributed by atoms with Gasteiger partial charge in [-0.1, -0.05) is 179 Å². The summed E-state index contributed by atoms with van der Waals surface area (Å²) in [5, 5.41) is 8.18. The Labute approximate surface area is 367 Å². The number of allylic oxidation sites excluding steroid dienone is 9. The van der Waals surface area contributed by atoms with Crippen LogP contribution in [0.4, 0.5) is 5.69 Å². The second-order valence-electron chi connectivity index (χ2n) is 18.5. The number of aliphatic imine (C=N–C) groups is 1. The Bertz CT molecular complexity index is 3250. The highest BCUT2D eigenvalue weighted by molar-refractivity contribution is 6.26. The van der Waals surface area contributed by atoms with E-state index in [0.29, 0.717) is 0 Å². The molecule has 3 aliphatic carbocycles. The van der Waals surface area contributed by atoms with Crippen molar-refractivity contribution in [1.29, 1.82) is 0 Å². The van der Waals surface area contributed by atoms with E-state index in [1.165, 1.54) is 110 Å². The molecule has 302 valence electrons. The molecule has 0 N–H and O–H groups in total. The maximum atomic E-state index is 4.65. The van der Waals surface area contributed by atoms with E-state index < -0.39 is 0 Å². The maximum Gasteiger partial charge on any atom is 0.0662 e. The lowest BCUT2D eigenvalue weighted by molar-refractivity contribution is 0.647. The number of rotatable bonds is 5. The van der Waals surface area contributed by atoms with E-state index in [2.05, 4.69) is 174 Å². The highest BCUT2D eigenvalue weighted by atomic mass is 14.7. The van der Waals surface area contributed by atoms with Crippen molar-refractivity contribution in [2.45, 2.75) is 65.7 Å². The maximum absolute atomic E-state index is 4.65. The molecule has 11 rings (SSSR count). The summed E-state index contributed by atoms with van der Waals surface area (Å²) in [5.41, 5.74) is 21.1. The van der Waals surface area contributed by atoms with Crippen LogP contribution in [0.25, 0.3) is 54.6 Å². The second-order valence-corrected chi connectivity index (χ2v) is 18.5. The zero-order valence-corrected chi connectivity index (χ0v) is 37.0. The van der Waals surface area contributed by atoms with Crippen LogP contribution in [0, 0.1) is 13.8 Å². The summed E-state index contributed by atoms with van der Waals surface area (Å²) < 4.78 is 0. The van der Waals surface area contributed by atoms with Gasteiger partial charge in [-0.3, -0.25) is 4.99 Å². The largest absolute Gasteiger partial charge is 0.253 e. The minimum absolute atomic E-state index is 0.0967. The SMILES string of the molecule is C=C/C=C\C=C1/CC2=C(C=C1c1ccc(C)cc1)C(C)(C)c1cc3c(cc12)C(C)(C)c1cc2ccc4cccc5ccc(c1-3)c2c45.CC(=Nc1ccccc1C)c1ccccc1. The standard InChI is InChI=1S/C46H38.C15H15N/c1-7-8-9-11-31-22-35-36-25-40-37(26-39(36)45(3,4)38(35)24-34(31)28-16-14-27(2)15-17-28)44-33-21-20-30-13-10-12-29-18-19-32(43(33)42(29)30)23-41(44)46(40,5)6;1-12-8-6-7-11-15(12)16-13(2)14-9-4-3-5-10-14/h7-21,23-26H,1,22H2,2-6H3;3-11H,1-2H3/b9-8-,31-11+;. The van der Waals surface area contributed by atoms with Crippen molar-refractivity contribution in [2.24, 2.45) is 4.99 Å². The molecule has 0 unspecified atom stereocenters. The summed E-state index contributed by atoms with van der Waals surface area (Å²) >= 11 is 0. The van der Waals surface area contributed by atoms with E-state index in [9.17, 15) is 0 Å². The quantitative estimate of drug-likeness (QED) is 0.0934. The molecule has 3 aliphatic rings. The van der Waals surface area contributed by atoms with E-state index >= 15 is 0 Å². The van der Waals surface area contributed by atoms with Gasteiger partial charge >= 0.3 is 0 Å². The Morgan fingerprint density at radius 1 is 0.629 bits per heavy atom. The molecule has 0 bridgehead atoms. The molecule has 8 aromatic rings. The van der Waals surface area contributed by atoms with E-state index in [1.54, 1.807) is 0 Å². The summed E-state index contributed by atoms with van der Waals surface area (Å²) in [7, 11) is 0. The van der Waals surface area contributed by atoms with Gasteiger partial charge < -0.3 is 0 Å². The number of hydrogen-bond donors (Lipinski definition) is 0. The van der Waals surface area contributed by atoms with Gasteiger partial charge in [-0.05, 0) is 162 Å². The Balaban J connectivity index is 0.000000242. The van der Waals surface area contributed by atoms with Crippen LogP contribution in [0.5, 0.6) is 0 Å². The molecular formula is C61H53N. The Morgan fingerprint density at radius 2 is 1.31 bits per heavy atom. The Hall–Kier alpha value is -6.83. The van der Waals surface area contributed by atoms with Crippen LogP contribution < -0.4 is 0 Å². The first-order chi connectivity index (χ1) is 29.9. The van der Waals surface area contributed by atoms with Gasteiger partial charge in [0.15, 0.2) is 0 Å². The van der Waals surface area contributed by atoms with Crippen molar-refractivity contribution >= 4 is 54.9 Å². The average molecular weight is 800 g/mol. The molecule has 62 heavy (non-hydrogen) atoms. The fourth-order valence-corrected chi connectivity index (χ4v) is 10.5. The summed E-state index contributed by atoms with van der Waals surface area (Å²) in [6.07, 6.45) is 11.7. The fraction of sp³-hybridized carbons (Fsp3) is 0.164. The predicted molar refractivity (Wildman–Crippen MR) is 268 cm³/mol. The lowest BCUT2D eigenvalue weighted by Gasteiger charge is -2.27. The van der Waals surface area contributed by atoms with Gasteiger partial charge in [-0.2, -0.15) is 0 Å². The minimum atomic E-state index is -0.102. The molecule has 0 aromatic heterocycles. The topological polar surface area (TPSA) is 12.4 Å². The lowest BCUT2D eigenvalue weighted by Crippen LogP contribution is -2.18. The molecule has 0 atom stereocenters. The van der Waals surface area contributed by atoms with Crippen LogP contribution in [0.15, 0.2) is 193 Å². The first-order valence-electron chi connectivity index (χ1n) is 22.0. The highest BCUT2D eigenvalue weighted by Gasteiger charge is 2.44. The summed E-state index contributed by atoms with van der Waals surface area (Å²) in [5.74, 6) is 0. The van der Waals surface area contributed by atoms with Gasteiger partial charge in [0, 0.05) is 16.5 Å². The summed E-state index contributed by atoms with van der Waals surface area (Å²) in [6.45, 7) is 19.9. The zero-order valence-electron chi connectivity index (χ0n) is 37.0. The fourth-order valence-electron chi connectivity index (χ4n) is 10.5. The Kier molecular flexibility index (Phi) is 9.49. The van der Waals surface area contributed by atoms with Crippen LogP contribution in [0.3, 0.4) is 0 Å². The van der Waals surface area contributed by atoms with Crippen molar-refractivity contribution in [1.82, 2.24) is 0 Å². The van der Waals surface area contributed by atoms with E-state index in [0.717, 1.165) is 17.8 Å². The highest BCUT2D eigenvalue weighted by Crippen LogP contribution is 2.59. The first-order valence-corrected chi connectivity index (χ1v) is 22.0. The molecule has 0 aliphatic heterocycles. The van der Waals surface area contributed by atoms with Gasteiger partial charge in [-0.25, -0.2) is 0 Å². The van der Waals surface area contributed by atoms with Gasteiger partial charge in [0.2, 0.25) is 0 Å². The summed E-state index contributed by atoms with van der Waals surface area (Å²) in [4.78, 5) is 4.65. The molecule has 0 saturated heterocycles. The normalized spacial score (nSPS) is 16.7. The van der Waals surface area contributed by atoms with E-state index in [-0.39, 0.29) is 10.8 Å². The van der Waals surface area contributed by atoms with Gasteiger partial charge in [0.05, 0.1) is 5.69 Å². The van der Waals surface area contributed by atoms with Crippen molar-refractivity contribution in [3.63, 3.8) is 0 Å². The monoisotopic (exact) mass is 799 g/mol. The average Bonchev–Trinajstić information content (AvgIpc) is 3.64. The van der Waals surface area contributed by atoms with Crippen LogP contribution in [-0.4, -0.2) is 5.71 Å². The number of benzene rings is 8. The molecule has 1 heteroatoms. The molecule has 0 saturated carbocycles. The Morgan fingerprint density at radius 3 is 2.05 bits per heavy atom. The lowest BCUT2D eigenvalue weighted by atomic mass is 9.76. The van der Waals surface area contributed by atoms with Crippen LogP contribution >= 0.6 is 0 Å². The minimum Gasteiger partial charge on any atom is -0.253 e. The molecule has 0 radical (unpaired) electrons. The number of para-hydroxylation sites is 1. The van der Waals surface area contributed by atoms with Crippen molar-refractivity contribution < 1.29 is 0 Å². The van der Waals surface area contributed by atoms with Crippen LogP contribution in [-0.2, 0) is 10.8 Å².